The van der Waals surface area contributed by atoms with Crippen LogP contribution >= 0.6 is 0 Å². The first-order valence-corrected chi connectivity index (χ1v) is 8.48. The topological polar surface area (TPSA) is 86.6 Å². The molecule has 0 aliphatic heterocycles. The Morgan fingerprint density at radius 2 is 1.71 bits per heavy atom. The minimum absolute atomic E-state index is 0.0918. The van der Waals surface area contributed by atoms with Crippen molar-refractivity contribution < 1.29 is 19.1 Å². The summed E-state index contributed by atoms with van der Waals surface area (Å²) in [7, 11) is 1.57. The van der Waals surface area contributed by atoms with Gasteiger partial charge in [-0.05, 0) is 30.3 Å². The first-order valence-electron chi connectivity index (χ1n) is 8.48. The van der Waals surface area contributed by atoms with Gasteiger partial charge < -0.3 is 19.4 Å². The van der Waals surface area contributed by atoms with Crippen LogP contribution in [0.3, 0.4) is 0 Å². The molecule has 0 spiro atoms. The Kier molecular flexibility index (Phi) is 5.86. The predicted octanol–water partition coefficient (Wildman–Crippen LogP) is 2.97. The molecule has 1 aromatic heterocycles. The Morgan fingerprint density at radius 1 is 0.964 bits per heavy atom. The molecule has 0 saturated heterocycles. The summed E-state index contributed by atoms with van der Waals surface area (Å²) in [6.45, 7) is -0.474. The van der Waals surface area contributed by atoms with E-state index < -0.39 is 18.5 Å². The normalized spacial score (nSPS) is 10.2. The van der Waals surface area contributed by atoms with Crippen LogP contribution in [-0.2, 0) is 16.6 Å². The van der Waals surface area contributed by atoms with Crippen molar-refractivity contribution in [1.29, 1.82) is 0 Å². The predicted molar refractivity (Wildman–Crippen MR) is 104 cm³/mol. The lowest BCUT2D eigenvalue weighted by molar-refractivity contribution is -0.119. The Balaban J connectivity index is 1.56. The summed E-state index contributed by atoms with van der Waals surface area (Å²) >= 11 is 0. The molecule has 7 nitrogen and oxygen atoms in total. The molecule has 142 valence electrons. The molecule has 0 aliphatic carbocycles. The molecular formula is C21H18N2O5. The minimum atomic E-state index is -0.742. The molecule has 1 heterocycles. The van der Waals surface area contributed by atoms with Gasteiger partial charge in [-0.25, -0.2) is 4.79 Å². The highest BCUT2D eigenvalue weighted by Gasteiger charge is 2.11. The molecule has 0 radical (unpaired) electrons. The van der Waals surface area contributed by atoms with Gasteiger partial charge in [-0.15, -0.1) is 0 Å². The van der Waals surface area contributed by atoms with Gasteiger partial charge in [0.25, 0.3) is 11.5 Å². The molecule has 3 aromatic rings. The largest absolute Gasteiger partial charge is 0.457 e. The van der Waals surface area contributed by atoms with Gasteiger partial charge in [-0.2, -0.15) is 0 Å². The van der Waals surface area contributed by atoms with Gasteiger partial charge in [-0.1, -0.05) is 24.3 Å². The van der Waals surface area contributed by atoms with Crippen LogP contribution in [0.1, 0.15) is 10.4 Å². The first-order chi connectivity index (χ1) is 13.5. The van der Waals surface area contributed by atoms with Crippen LogP contribution in [-0.4, -0.2) is 23.1 Å². The maximum Gasteiger partial charge on any atom is 0.338 e. The van der Waals surface area contributed by atoms with Crippen LogP contribution in [0.2, 0.25) is 0 Å². The molecule has 3 rings (SSSR count). The second-order valence-electron chi connectivity index (χ2n) is 5.93. The third kappa shape index (κ3) is 5.07. The summed E-state index contributed by atoms with van der Waals surface area (Å²) in [5.74, 6) is -0.0157. The van der Waals surface area contributed by atoms with Gasteiger partial charge in [0.2, 0.25) is 0 Å². The zero-order valence-corrected chi connectivity index (χ0v) is 15.1. The standard InChI is InChI=1S/C21H18N2O5/c1-23-11-10-15(12-20(23)25)21(26)27-14-19(24)22-16-6-5-9-18(13-16)28-17-7-3-2-4-8-17/h2-13H,14H2,1H3,(H,22,24). The molecular weight excluding hydrogens is 360 g/mol. The van der Waals surface area contributed by atoms with E-state index in [2.05, 4.69) is 5.32 Å². The number of benzene rings is 2. The number of nitrogens with zero attached hydrogens (tertiary/aromatic N) is 1. The van der Waals surface area contributed by atoms with E-state index in [0.717, 1.165) is 6.07 Å². The molecule has 2 aromatic carbocycles. The quantitative estimate of drug-likeness (QED) is 0.667. The minimum Gasteiger partial charge on any atom is -0.457 e. The van der Waals surface area contributed by atoms with Crippen molar-refractivity contribution in [3.05, 3.63) is 88.8 Å². The Morgan fingerprint density at radius 3 is 2.46 bits per heavy atom. The van der Waals surface area contributed by atoms with E-state index in [1.165, 1.54) is 16.8 Å². The molecule has 0 bridgehead atoms. The van der Waals surface area contributed by atoms with E-state index in [1.807, 2.05) is 30.3 Å². The van der Waals surface area contributed by atoms with Crippen molar-refractivity contribution in [2.24, 2.45) is 7.05 Å². The van der Waals surface area contributed by atoms with Crippen LogP contribution in [0, 0.1) is 0 Å². The fourth-order valence-electron chi connectivity index (χ4n) is 2.35. The summed E-state index contributed by atoms with van der Waals surface area (Å²) in [5, 5.41) is 2.63. The number of pyridine rings is 1. The van der Waals surface area contributed by atoms with E-state index >= 15 is 0 Å². The van der Waals surface area contributed by atoms with Crippen molar-refractivity contribution in [1.82, 2.24) is 4.57 Å². The third-order valence-corrected chi connectivity index (χ3v) is 3.77. The lowest BCUT2D eigenvalue weighted by Gasteiger charge is -2.09. The van der Waals surface area contributed by atoms with Crippen molar-refractivity contribution in [3.63, 3.8) is 0 Å². The average molecular weight is 378 g/mol. The SMILES string of the molecule is Cn1ccc(C(=O)OCC(=O)Nc2cccc(Oc3ccccc3)c2)cc1=O. The van der Waals surface area contributed by atoms with E-state index in [9.17, 15) is 14.4 Å². The number of ether oxygens (including phenoxy) is 2. The molecule has 7 heteroatoms. The zero-order valence-electron chi connectivity index (χ0n) is 15.1. The number of amides is 1. The van der Waals surface area contributed by atoms with Crippen molar-refractivity contribution in [3.8, 4) is 11.5 Å². The highest BCUT2D eigenvalue weighted by Crippen LogP contribution is 2.23. The molecule has 0 unspecified atom stereocenters. The Hall–Kier alpha value is -3.87. The van der Waals surface area contributed by atoms with Crippen LogP contribution in [0.4, 0.5) is 5.69 Å². The number of anilines is 1. The number of carbonyl (C=O) groups is 2. The molecule has 0 saturated carbocycles. The molecule has 0 fully saturated rings. The van der Waals surface area contributed by atoms with Gasteiger partial charge >= 0.3 is 5.97 Å². The van der Waals surface area contributed by atoms with E-state index in [0.29, 0.717) is 17.2 Å². The second kappa shape index (κ2) is 8.68. The number of aromatic nitrogens is 1. The summed E-state index contributed by atoms with van der Waals surface area (Å²) < 4.78 is 12.0. The molecule has 1 amide bonds. The Bertz CT molecular complexity index is 1040. The van der Waals surface area contributed by atoms with Crippen LogP contribution in [0.5, 0.6) is 11.5 Å². The van der Waals surface area contributed by atoms with Crippen LogP contribution < -0.4 is 15.6 Å². The molecule has 0 atom stereocenters. The lowest BCUT2D eigenvalue weighted by atomic mass is 10.3. The summed E-state index contributed by atoms with van der Waals surface area (Å²) in [5.41, 5.74) is 0.256. The van der Waals surface area contributed by atoms with Gasteiger partial charge in [-0.3, -0.25) is 9.59 Å². The average Bonchev–Trinajstić information content (AvgIpc) is 2.69. The molecule has 28 heavy (non-hydrogen) atoms. The van der Waals surface area contributed by atoms with Crippen LogP contribution in [0.15, 0.2) is 77.7 Å². The first kappa shape index (κ1) is 18.9. The molecule has 1 N–H and O–H groups in total. The monoisotopic (exact) mass is 378 g/mol. The summed E-state index contributed by atoms with van der Waals surface area (Å²) in [6.07, 6.45) is 1.46. The van der Waals surface area contributed by atoms with Gasteiger partial charge in [0, 0.05) is 31.1 Å². The fraction of sp³-hybridized carbons (Fsp3) is 0.0952. The number of hydrogen-bond acceptors (Lipinski definition) is 5. The van der Waals surface area contributed by atoms with E-state index in [1.54, 1.807) is 31.3 Å². The van der Waals surface area contributed by atoms with Gasteiger partial charge in [0.15, 0.2) is 6.61 Å². The van der Waals surface area contributed by atoms with Crippen molar-refractivity contribution >= 4 is 17.6 Å². The zero-order chi connectivity index (χ0) is 19.9. The summed E-state index contributed by atoms with van der Waals surface area (Å²) in [4.78, 5) is 35.5. The highest BCUT2D eigenvalue weighted by atomic mass is 16.5. The summed E-state index contributed by atoms with van der Waals surface area (Å²) in [6, 6.07) is 18.7. The number of hydrogen-bond donors (Lipinski definition) is 1. The number of rotatable bonds is 6. The number of esters is 1. The number of para-hydroxylation sites is 1. The highest BCUT2D eigenvalue weighted by molar-refractivity contribution is 5.95. The Labute approximate surface area is 161 Å². The fourth-order valence-corrected chi connectivity index (χ4v) is 2.35. The van der Waals surface area contributed by atoms with Crippen molar-refractivity contribution in [2.75, 3.05) is 11.9 Å². The second-order valence-corrected chi connectivity index (χ2v) is 5.93. The number of nitrogens with one attached hydrogen (secondary N) is 1. The maximum atomic E-state index is 12.0. The van der Waals surface area contributed by atoms with Crippen LogP contribution in [0.25, 0.3) is 0 Å². The van der Waals surface area contributed by atoms with E-state index in [-0.39, 0.29) is 11.1 Å². The van der Waals surface area contributed by atoms with Gasteiger partial charge in [0.05, 0.1) is 5.56 Å². The smallest absolute Gasteiger partial charge is 0.338 e. The maximum absolute atomic E-state index is 12.0. The lowest BCUT2D eigenvalue weighted by Crippen LogP contribution is -2.22. The number of aryl methyl sites for hydroxylation is 1. The van der Waals surface area contributed by atoms with Crippen molar-refractivity contribution in [2.45, 2.75) is 0 Å². The molecule has 0 aliphatic rings. The third-order valence-electron chi connectivity index (χ3n) is 3.77. The van der Waals surface area contributed by atoms with Gasteiger partial charge in [0.1, 0.15) is 11.5 Å². The number of carbonyl (C=O) groups excluding carboxylic acids is 2. The van der Waals surface area contributed by atoms with E-state index in [4.69, 9.17) is 9.47 Å².